The topological polar surface area (TPSA) is 46.4 Å². The van der Waals surface area contributed by atoms with E-state index >= 15 is 0 Å². The Morgan fingerprint density at radius 1 is 0.923 bits per heavy atom. The number of nitrogens with one attached hydrogen (secondary N) is 1. The van der Waals surface area contributed by atoms with Gasteiger partial charge in [0, 0.05) is 18.0 Å². The number of amides is 1. The van der Waals surface area contributed by atoms with E-state index < -0.39 is 0 Å². The molecule has 1 amide bonds. The van der Waals surface area contributed by atoms with Crippen LogP contribution in [0.15, 0.2) is 73.1 Å². The van der Waals surface area contributed by atoms with E-state index in [2.05, 4.69) is 10.3 Å². The van der Waals surface area contributed by atoms with Gasteiger partial charge in [0.05, 0.1) is 27.0 Å². The molecular formula is C20H13Cl2N3O. The Morgan fingerprint density at radius 2 is 1.65 bits per heavy atom. The first-order valence-corrected chi connectivity index (χ1v) is 8.67. The van der Waals surface area contributed by atoms with E-state index in [0.29, 0.717) is 21.4 Å². The normalized spacial score (nSPS) is 10.8. The molecule has 0 aliphatic heterocycles. The predicted octanol–water partition coefficient (Wildman–Crippen LogP) is 5.56. The van der Waals surface area contributed by atoms with Crippen molar-refractivity contribution in [2.24, 2.45) is 0 Å². The Balaban J connectivity index is 1.73. The summed E-state index contributed by atoms with van der Waals surface area (Å²) in [5, 5.41) is 3.46. The number of carbonyl (C=O) groups is 1. The van der Waals surface area contributed by atoms with E-state index in [1.807, 2.05) is 53.2 Å². The second-order valence-electron chi connectivity index (χ2n) is 5.70. The molecule has 0 aliphatic rings. The molecular weight excluding hydrogens is 369 g/mol. The number of hydrogen-bond donors (Lipinski definition) is 1. The Bertz CT molecular complexity index is 1090. The number of aromatic nitrogens is 2. The van der Waals surface area contributed by atoms with Crippen LogP contribution >= 0.6 is 23.2 Å². The molecule has 4 aromatic rings. The molecule has 0 aliphatic carbocycles. The molecule has 4 rings (SSSR count). The molecule has 0 fully saturated rings. The third kappa shape index (κ3) is 3.05. The third-order valence-corrected chi connectivity index (χ3v) is 4.62. The minimum atomic E-state index is -0.377. The van der Waals surface area contributed by atoms with E-state index in [-0.39, 0.29) is 11.5 Å². The Hall–Kier alpha value is -2.82. The van der Waals surface area contributed by atoms with Crippen LogP contribution in [0.25, 0.3) is 16.9 Å². The van der Waals surface area contributed by atoms with Crippen LogP contribution in [0.3, 0.4) is 0 Å². The van der Waals surface area contributed by atoms with Gasteiger partial charge in [-0.25, -0.2) is 4.98 Å². The summed E-state index contributed by atoms with van der Waals surface area (Å²) in [6, 6.07) is 18.4. The number of anilines is 1. The van der Waals surface area contributed by atoms with Gasteiger partial charge in [-0.05, 0) is 24.3 Å². The van der Waals surface area contributed by atoms with E-state index in [1.54, 1.807) is 24.3 Å². The standard InChI is InChI=1S/C20H13Cl2N3O/c21-14-8-4-9-15(22)18(14)20(26)24-16-10-5-11-25-12-17(23-19(16)25)13-6-2-1-3-7-13/h1-12H,(H,24,26). The molecule has 128 valence electrons. The van der Waals surface area contributed by atoms with E-state index in [9.17, 15) is 4.79 Å². The van der Waals surface area contributed by atoms with E-state index in [0.717, 1.165) is 11.3 Å². The lowest BCUT2D eigenvalue weighted by Gasteiger charge is -2.09. The number of pyridine rings is 1. The summed E-state index contributed by atoms with van der Waals surface area (Å²) < 4.78 is 1.87. The van der Waals surface area contributed by atoms with Crippen molar-refractivity contribution in [3.63, 3.8) is 0 Å². The lowest BCUT2D eigenvalue weighted by atomic mass is 10.2. The van der Waals surface area contributed by atoms with Crippen molar-refractivity contribution in [2.75, 3.05) is 5.32 Å². The number of hydrogen-bond acceptors (Lipinski definition) is 2. The number of nitrogens with zero attached hydrogens (tertiary/aromatic N) is 2. The van der Waals surface area contributed by atoms with Gasteiger partial charge in [-0.3, -0.25) is 4.79 Å². The van der Waals surface area contributed by atoms with Crippen LogP contribution in [0.4, 0.5) is 5.69 Å². The average Bonchev–Trinajstić information content (AvgIpc) is 3.08. The largest absolute Gasteiger partial charge is 0.319 e. The van der Waals surface area contributed by atoms with Crippen molar-refractivity contribution in [1.29, 1.82) is 0 Å². The van der Waals surface area contributed by atoms with Crippen LogP contribution in [0.2, 0.25) is 10.0 Å². The van der Waals surface area contributed by atoms with Gasteiger partial charge in [-0.1, -0.05) is 59.6 Å². The summed E-state index contributed by atoms with van der Waals surface area (Å²) in [5.41, 5.74) is 3.29. The lowest BCUT2D eigenvalue weighted by molar-refractivity contribution is 0.102. The minimum Gasteiger partial charge on any atom is -0.319 e. The second kappa shape index (κ2) is 6.83. The van der Waals surface area contributed by atoms with Crippen LogP contribution in [-0.4, -0.2) is 15.3 Å². The molecule has 0 saturated heterocycles. The van der Waals surface area contributed by atoms with Crippen molar-refractivity contribution in [1.82, 2.24) is 9.38 Å². The maximum Gasteiger partial charge on any atom is 0.258 e. The maximum absolute atomic E-state index is 12.7. The van der Waals surface area contributed by atoms with Crippen molar-refractivity contribution < 1.29 is 4.79 Å². The summed E-state index contributed by atoms with van der Waals surface area (Å²) in [6.45, 7) is 0. The zero-order valence-electron chi connectivity index (χ0n) is 13.5. The van der Waals surface area contributed by atoms with Gasteiger partial charge in [-0.2, -0.15) is 0 Å². The molecule has 0 spiro atoms. The van der Waals surface area contributed by atoms with Gasteiger partial charge in [-0.15, -0.1) is 0 Å². The minimum absolute atomic E-state index is 0.243. The molecule has 4 nitrogen and oxygen atoms in total. The molecule has 2 heterocycles. The lowest BCUT2D eigenvalue weighted by Crippen LogP contribution is -2.14. The van der Waals surface area contributed by atoms with Crippen molar-refractivity contribution >= 4 is 40.4 Å². The highest BCUT2D eigenvalue weighted by Crippen LogP contribution is 2.27. The summed E-state index contributed by atoms with van der Waals surface area (Å²) in [5.74, 6) is -0.377. The van der Waals surface area contributed by atoms with Crippen molar-refractivity contribution in [2.45, 2.75) is 0 Å². The Kier molecular flexibility index (Phi) is 4.37. The fraction of sp³-hybridized carbons (Fsp3) is 0. The fourth-order valence-electron chi connectivity index (χ4n) is 2.76. The number of benzene rings is 2. The molecule has 0 bridgehead atoms. The number of imidazole rings is 1. The quantitative estimate of drug-likeness (QED) is 0.504. The molecule has 2 aromatic heterocycles. The maximum atomic E-state index is 12.7. The first-order chi connectivity index (χ1) is 12.6. The van der Waals surface area contributed by atoms with Crippen molar-refractivity contribution in [3.05, 3.63) is 88.7 Å². The molecule has 6 heteroatoms. The number of fused-ring (bicyclic) bond motifs is 1. The van der Waals surface area contributed by atoms with Crippen LogP contribution in [0.1, 0.15) is 10.4 Å². The van der Waals surface area contributed by atoms with Gasteiger partial charge in [0.1, 0.15) is 0 Å². The molecule has 0 atom stereocenters. The van der Waals surface area contributed by atoms with Crippen LogP contribution in [0.5, 0.6) is 0 Å². The summed E-state index contributed by atoms with van der Waals surface area (Å²) in [4.78, 5) is 17.3. The van der Waals surface area contributed by atoms with Crippen molar-refractivity contribution in [3.8, 4) is 11.3 Å². The molecule has 0 saturated carbocycles. The third-order valence-electron chi connectivity index (χ3n) is 3.99. The zero-order chi connectivity index (χ0) is 18.1. The molecule has 1 N–H and O–H groups in total. The van der Waals surface area contributed by atoms with Gasteiger partial charge in [0.2, 0.25) is 0 Å². The number of rotatable bonds is 3. The molecule has 2 aromatic carbocycles. The van der Waals surface area contributed by atoms with E-state index in [1.165, 1.54) is 0 Å². The van der Waals surface area contributed by atoms with Gasteiger partial charge < -0.3 is 9.72 Å². The number of carbonyl (C=O) groups excluding carboxylic acids is 1. The Labute approximate surface area is 160 Å². The fourth-order valence-corrected chi connectivity index (χ4v) is 3.33. The number of halogens is 2. The Morgan fingerprint density at radius 3 is 2.38 bits per heavy atom. The first-order valence-electron chi connectivity index (χ1n) is 7.92. The molecule has 26 heavy (non-hydrogen) atoms. The van der Waals surface area contributed by atoms with Gasteiger partial charge >= 0.3 is 0 Å². The SMILES string of the molecule is O=C(Nc1cccn2cc(-c3ccccc3)nc12)c1c(Cl)cccc1Cl. The highest BCUT2D eigenvalue weighted by atomic mass is 35.5. The summed E-state index contributed by atoms with van der Waals surface area (Å²) in [7, 11) is 0. The van der Waals surface area contributed by atoms with Crippen LogP contribution in [-0.2, 0) is 0 Å². The predicted molar refractivity (Wildman–Crippen MR) is 105 cm³/mol. The summed E-state index contributed by atoms with van der Waals surface area (Å²) >= 11 is 12.3. The highest BCUT2D eigenvalue weighted by molar-refractivity contribution is 6.40. The van der Waals surface area contributed by atoms with Crippen LogP contribution in [0, 0.1) is 0 Å². The smallest absolute Gasteiger partial charge is 0.258 e. The average molecular weight is 382 g/mol. The van der Waals surface area contributed by atoms with Gasteiger partial charge in [0.15, 0.2) is 5.65 Å². The van der Waals surface area contributed by atoms with E-state index in [4.69, 9.17) is 23.2 Å². The van der Waals surface area contributed by atoms with Gasteiger partial charge in [0.25, 0.3) is 5.91 Å². The first kappa shape index (κ1) is 16.6. The second-order valence-corrected chi connectivity index (χ2v) is 6.51. The monoisotopic (exact) mass is 381 g/mol. The molecule has 0 radical (unpaired) electrons. The molecule has 0 unspecified atom stereocenters. The zero-order valence-corrected chi connectivity index (χ0v) is 15.0. The van der Waals surface area contributed by atoms with Crippen LogP contribution < -0.4 is 5.32 Å². The highest BCUT2D eigenvalue weighted by Gasteiger charge is 2.16. The summed E-state index contributed by atoms with van der Waals surface area (Å²) in [6.07, 6.45) is 3.80.